The van der Waals surface area contributed by atoms with Crippen LogP contribution in [0.25, 0.3) is 0 Å². The molecular formula is C15H23NO3. The molecule has 0 unspecified atom stereocenters. The monoisotopic (exact) mass is 265 g/mol. The van der Waals surface area contributed by atoms with Gasteiger partial charge in [-0.2, -0.15) is 0 Å². The van der Waals surface area contributed by atoms with Crippen LogP contribution < -0.4 is 0 Å². The molecule has 0 spiro atoms. The van der Waals surface area contributed by atoms with Crippen LogP contribution in [0.5, 0.6) is 0 Å². The molecule has 3 N–H and O–H groups in total. The fourth-order valence-electron chi connectivity index (χ4n) is 2.50. The SMILES string of the molecule is OCC1(O)CCN(CC[C@H](O)c2ccccc2)CC1. The molecule has 4 nitrogen and oxygen atoms in total. The molecule has 1 aliphatic heterocycles. The van der Waals surface area contributed by atoms with Crippen LogP contribution in [0.2, 0.25) is 0 Å². The Labute approximate surface area is 114 Å². The van der Waals surface area contributed by atoms with Crippen LogP contribution in [0.15, 0.2) is 30.3 Å². The number of hydrogen-bond donors (Lipinski definition) is 3. The third-order valence-electron chi connectivity index (χ3n) is 3.98. The zero-order chi connectivity index (χ0) is 13.7. The van der Waals surface area contributed by atoms with Gasteiger partial charge in [0.1, 0.15) is 0 Å². The van der Waals surface area contributed by atoms with E-state index in [2.05, 4.69) is 4.90 Å². The van der Waals surface area contributed by atoms with Crippen molar-refractivity contribution in [2.45, 2.75) is 31.0 Å². The van der Waals surface area contributed by atoms with Crippen LogP contribution in [0.3, 0.4) is 0 Å². The Hall–Kier alpha value is -0.940. The van der Waals surface area contributed by atoms with Crippen LogP contribution >= 0.6 is 0 Å². The van der Waals surface area contributed by atoms with Gasteiger partial charge >= 0.3 is 0 Å². The summed E-state index contributed by atoms with van der Waals surface area (Å²) in [7, 11) is 0. The van der Waals surface area contributed by atoms with Gasteiger partial charge in [0.2, 0.25) is 0 Å². The average molecular weight is 265 g/mol. The first-order chi connectivity index (χ1) is 9.13. The topological polar surface area (TPSA) is 63.9 Å². The fraction of sp³-hybridized carbons (Fsp3) is 0.600. The maximum absolute atomic E-state index is 10.1. The molecular weight excluding hydrogens is 242 g/mol. The Morgan fingerprint density at radius 2 is 1.79 bits per heavy atom. The van der Waals surface area contributed by atoms with Gasteiger partial charge in [-0.15, -0.1) is 0 Å². The van der Waals surface area contributed by atoms with Crippen molar-refractivity contribution >= 4 is 0 Å². The highest BCUT2D eigenvalue weighted by Gasteiger charge is 2.31. The average Bonchev–Trinajstić information content (AvgIpc) is 2.47. The molecule has 1 heterocycles. The third kappa shape index (κ3) is 4.01. The minimum atomic E-state index is -0.894. The molecule has 19 heavy (non-hydrogen) atoms. The largest absolute Gasteiger partial charge is 0.393 e. The Kier molecular flexibility index (Phi) is 4.93. The molecule has 1 aromatic rings. The van der Waals surface area contributed by atoms with E-state index in [0.717, 1.165) is 25.2 Å². The summed E-state index contributed by atoms with van der Waals surface area (Å²) < 4.78 is 0. The normalized spacial score (nSPS) is 21.2. The predicted octanol–water partition coefficient (Wildman–Crippen LogP) is 0.929. The molecule has 0 saturated carbocycles. The summed E-state index contributed by atoms with van der Waals surface area (Å²) in [6, 6.07) is 9.68. The van der Waals surface area contributed by atoms with Crippen molar-refractivity contribution in [3.05, 3.63) is 35.9 Å². The van der Waals surface area contributed by atoms with E-state index in [9.17, 15) is 10.2 Å². The van der Waals surface area contributed by atoms with Gasteiger partial charge in [0.05, 0.1) is 18.3 Å². The molecule has 1 fully saturated rings. The summed E-state index contributed by atoms with van der Waals surface area (Å²) in [6.45, 7) is 2.21. The molecule has 106 valence electrons. The number of aliphatic hydroxyl groups is 3. The van der Waals surface area contributed by atoms with E-state index >= 15 is 0 Å². The molecule has 2 rings (SSSR count). The second-order valence-electron chi connectivity index (χ2n) is 5.44. The highest BCUT2D eigenvalue weighted by atomic mass is 16.3. The minimum absolute atomic E-state index is 0.159. The van der Waals surface area contributed by atoms with Crippen LogP contribution in [0, 0.1) is 0 Å². The quantitative estimate of drug-likeness (QED) is 0.741. The summed E-state index contributed by atoms with van der Waals surface area (Å²) in [5.41, 5.74) is 0.0560. The Morgan fingerprint density at radius 3 is 2.37 bits per heavy atom. The van der Waals surface area contributed by atoms with E-state index < -0.39 is 11.7 Å². The third-order valence-corrected chi connectivity index (χ3v) is 3.98. The number of benzene rings is 1. The molecule has 4 heteroatoms. The van der Waals surface area contributed by atoms with Crippen molar-refractivity contribution in [3.8, 4) is 0 Å². The molecule has 0 aliphatic carbocycles. The van der Waals surface area contributed by atoms with Crippen molar-refractivity contribution in [3.63, 3.8) is 0 Å². The van der Waals surface area contributed by atoms with Crippen molar-refractivity contribution < 1.29 is 15.3 Å². The summed E-state index contributed by atoms with van der Waals surface area (Å²) in [5, 5.41) is 29.1. The predicted molar refractivity (Wildman–Crippen MR) is 73.7 cm³/mol. The van der Waals surface area contributed by atoms with E-state index in [0.29, 0.717) is 19.3 Å². The van der Waals surface area contributed by atoms with Gasteiger partial charge in [0.15, 0.2) is 0 Å². The Balaban J connectivity index is 1.75. The first-order valence-electron chi connectivity index (χ1n) is 6.91. The van der Waals surface area contributed by atoms with Gasteiger partial charge in [-0.1, -0.05) is 30.3 Å². The van der Waals surface area contributed by atoms with Gasteiger partial charge in [-0.05, 0) is 24.8 Å². The van der Waals surface area contributed by atoms with Gasteiger partial charge in [-0.25, -0.2) is 0 Å². The Bertz CT molecular complexity index is 374. The van der Waals surface area contributed by atoms with Gasteiger partial charge in [0, 0.05) is 19.6 Å². The minimum Gasteiger partial charge on any atom is -0.393 e. The van der Waals surface area contributed by atoms with Gasteiger partial charge in [0.25, 0.3) is 0 Å². The molecule has 0 bridgehead atoms. The first kappa shape index (κ1) is 14.5. The number of nitrogens with zero attached hydrogens (tertiary/aromatic N) is 1. The lowest BCUT2D eigenvalue weighted by Gasteiger charge is -2.37. The lowest BCUT2D eigenvalue weighted by molar-refractivity contribution is -0.0605. The highest BCUT2D eigenvalue weighted by molar-refractivity contribution is 5.17. The summed E-state index contributed by atoms with van der Waals surface area (Å²) >= 11 is 0. The van der Waals surface area contributed by atoms with Crippen LogP contribution in [0.4, 0.5) is 0 Å². The zero-order valence-corrected chi connectivity index (χ0v) is 11.2. The van der Waals surface area contributed by atoms with Crippen molar-refractivity contribution in [2.75, 3.05) is 26.2 Å². The van der Waals surface area contributed by atoms with Crippen LogP contribution in [0.1, 0.15) is 30.9 Å². The maximum atomic E-state index is 10.1. The standard InChI is InChI=1S/C15H23NO3/c17-12-15(19)7-10-16(11-8-15)9-6-14(18)13-4-2-1-3-5-13/h1-5,14,17-19H,6-12H2/t14-/m0/s1. The van der Waals surface area contributed by atoms with E-state index in [4.69, 9.17) is 5.11 Å². The first-order valence-corrected chi connectivity index (χ1v) is 6.91. The lowest BCUT2D eigenvalue weighted by atomic mass is 9.92. The van der Waals surface area contributed by atoms with E-state index in [-0.39, 0.29) is 6.61 Å². The molecule has 1 atom stereocenters. The van der Waals surface area contributed by atoms with Crippen LogP contribution in [-0.4, -0.2) is 52.1 Å². The van der Waals surface area contributed by atoms with E-state index in [1.165, 1.54) is 0 Å². The van der Waals surface area contributed by atoms with Gasteiger partial charge in [-0.3, -0.25) is 0 Å². The number of hydrogen-bond acceptors (Lipinski definition) is 4. The summed E-state index contributed by atoms with van der Waals surface area (Å²) in [6.07, 6.45) is 1.47. The smallest absolute Gasteiger partial charge is 0.0901 e. The number of piperidine rings is 1. The summed E-state index contributed by atoms with van der Waals surface area (Å²) in [4.78, 5) is 2.23. The molecule has 0 amide bonds. The Morgan fingerprint density at radius 1 is 1.16 bits per heavy atom. The highest BCUT2D eigenvalue weighted by Crippen LogP contribution is 2.23. The van der Waals surface area contributed by atoms with Crippen molar-refractivity contribution in [1.29, 1.82) is 0 Å². The van der Waals surface area contributed by atoms with Gasteiger partial charge < -0.3 is 20.2 Å². The maximum Gasteiger partial charge on any atom is 0.0901 e. The van der Waals surface area contributed by atoms with Crippen molar-refractivity contribution in [2.24, 2.45) is 0 Å². The fourth-order valence-corrected chi connectivity index (χ4v) is 2.50. The number of likely N-dealkylation sites (tertiary alicyclic amines) is 1. The lowest BCUT2D eigenvalue weighted by Crippen LogP contribution is -2.46. The van der Waals surface area contributed by atoms with Crippen LogP contribution in [-0.2, 0) is 0 Å². The molecule has 1 aliphatic rings. The second kappa shape index (κ2) is 6.48. The second-order valence-corrected chi connectivity index (χ2v) is 5.44. The van der Waals surface area contributed by atoms with Crippen molar-refractivity contribution in [1.82, 2.24) is 4.90 Å². The number of aliphatic hydroxyl groups excluding tert-OH is 2. The number of rotatable bonds is 5. The van der Waals surface area contributed by atoms with E-state index in [1.807, 2.05) is 30.3 Å². The zero-order valence-electron chi connectivity index (χ0n) is 11.2. The molecule has 1 aromatic carbocycles. The molecule has 1 saturated heterocycles. The molecule has 0 aromatic heterocycles. The molecule has 0 radical (unpaired) electrons. The summed E-state index contributed by atoms with van der Waals surface area (Å²) in [5.74, 6) is 0. The van der Waals surface area contributed by atoms with E-state index in [1.54, 1.807) is 0 Å².